The van der Waals surface area contributed by atoms with E-state index in [0.29, 0.717) is 22.9 Å². The number of carbonyl (C=O) groups excluding carboxylic acids is 14. The lowest BCUT2D eigenvalue weighted by molar-refractivity contribution is -0.136. The second-order valence-electron chi connectivity index (χ2n) is 32.7. The third-order valence-corrected chi connectivity index (χ3v) is 25.3. The Morgan fingerprint density at radius 3 is 1.64 bits per heavy atom. The van der Waals surface area contributed by atoms with Crippen molar-refractivity contribution in [2.45, 2.75) is 216 Å². The number of unbranched alkanes of at least 4 members (excludes halogenated alkanes) is 1. The number of aromatic nitrogens is 3. The summed E-state index contributed by atoms with van der Waals surface area (Å²) < 4.78 is 164. The van der Waals surface area contributed by atoms with Crippen molar-refractivity contribution in [3.8, 4) is 5.75 Å². The molecule has 0 aliphatic carbocycles. The van der Waals surface area contributed by atoms with Gasteiger partial charge in [-0.25, -0.2) is 48.5 Å². The molecule has 14 atom stereocenters. The number of rotatable bonds is 32. The number of nitrogens with one attached hydrogen (secondary N) is 14. The second kappa shape index (κ2) is 49.4. The summed E-state index contributed by atoms with van der Waals surface area (Å²) in [5.74, 6) is -45.8. The van der Waals surface area contributed by atoms with Crippen molar-refractivity contribution in [1.82, 2.24) is 78.8 Å². The molecule has 5 aromatic carbocycles. The molecule has 2 aromatic heterocycles. The largest absolute Gasteiger partial charge is 0.508 e. The number of hydrogen-bond acceptors (Lipinski definition) is 24. The minimum absolute atomic E-state index is 0.0711. The number of thioether (sulfide) groups is 2. The fourth-order valence-corrected chi connectivity index (χ4v) is 17.5. The molecule has 14 amide bonds. The first-order valence-electron chi connectivity index (χ1n) is 42.3. The van der Waals surface area contributed by atoms with Crippen LogP contribution in [-0.2, 0) is 103 Å². The van der Waals surface area contributed by atoms with Crippen LogP contribution in [0.4, 0.5) is 35.1 Å². The van der Waals surface area contributed by atoms with Crippen LogP contribution >= 0.6 is 23.5 Å². The normalized spacial score (nSPS) is 20.0. The summed E-state index contributed by atoms with van der Waals surface area (Å²) in [6.07, 6.45) is -1.74. The van der Waals surface area contributed by atoms with Gasteiger partial charge in [-0.15, -0.1) is 23.5 Å². The molecule has 0 fully saturated rings. The van der Waals surface area contributed by atoms with Crippen molar-refractivity contribution in [1.29, 1.82) is 0 Å². The number of aromatic hydroxyl groups is 1. The lowest BCUT2D eigenvalue weighted by atomic mass is 10.0. The molecule has 0 saturated carbocycles. The first-order valence-corrected chi connectivity index (χ1v) is 45.7. The highest BCUT2D eigenvalue weighted by atomic mass is 32.2. The molecule has 10 rings (SSSR count). The molecule has 0 unspecified atom stereocenters. The van der Waals surface area contributed by atoms with Crippen molar-refractivity contribution in [2.24, 2.45) is 34.8 Å². The Morgan fingerprint density at radius 1 is 0.556 bits per heavy atom. The summed E-state index contributed by atoms with van der Waals surface area (Å²) in [5.41, 5.74) is 23.9. The zero-order valence-electron chi connectivity index (χ0n) is 73.5. The van der Waals surface area contributed by atoms with Crippen LogP contribution in [0.15, 0.2) is 117 Å². The fraction of sp³-hybridized carbons (Fsp3) is 0.430. The van der Waals surface area contributed by atoms with Gasteiger partial charge in [-0.1, -0.05) is 88.4 Å². The van der Waals surface area contributed by atoms with Crippen LogP contribution in [0, 0.1) is 58.4 Å². The van der Waals surface area contributed by atoms with E-state index < -0.39 is 336 Å². The number of phenols is 1. The molecule has 25 N–H and O–H groups in total. The van der Waals surface area contributed by atoms with Gasteiger partial charge in [0.1, 0.15) is 88.0 Å². The average Bonchev–Trinajstić information content (AvgIpc) is 1.66. The van der Waals surface area contributed by atoms with E-state index >= 15 is 59.1 Å². The summed E-state index contributed by atoms with van der Waals surface area (Å²) in [5, 5.41) is 60.1. The van der Waals surface area contributed by atoms with Crippen LogP contribution in [0.1, 0.15) is 109 Å². The molecular weight excluding hydrogens is 1850 g/mol. The molecule has 0 spiro atoms. The lowest BCUT2D eigenvalue weighted by Crippen LogP contribution is -2.62. The van der Waals surface area contributed by atoms with Gasteiger partial charge in [0, 0.05) is 66.9 Å². The van der Waals surface area contributed by atoms with Gasteiger partial charge in [0.15, 0.2) is 46.5 Å². The van der Waals surface area contributed by atoms with Gasteiger partial charge < -0.3 is 112 Å². The maximum absolute atomic E-state index is 17.1. The maximum Gasteiger partial charge on any atom is 0.245 e. The molecule has 0 saturated heterocycles. The van der Waals surface area contributed by atoms with Crippen LogP contribution in [0.5, 0.6) is 5.75 Å². The highest BCUT2D eigenvalue weighted by molar-refractivity contribution is 7.99. The predicted octanol–water partition coefficient (Wildman–Crippen LogP) is 0.221. The second-order valence-corrected chi connectivity index (χ2v) is 36.5. The van der Waals surface area contributed by atoms with E-state index in [9.17, 15) is 66.9 Å². The summed E-state index contributed by atoms with van der Waals surface area (Å²) in [6, 6.07) is -6.26. The van der Waals surface area contributed by atoms with Crippen molar-refractivity contribution < 1.29 is 126 Å². The number of aromatic amines is 2. The number of benzene rings is 5. The molecule has 732 valence electrons. The van der Waals surface area contributed by atoms with Crippen molar-refractivity contribution in [2.75, 3.05) is 24.7 Å². The van der Waals surface area contributed by atoms with Gasteiger partial charge in [0.25, 0.3) is 0 Å². The molecule has 0 radical (unpaired) electrons. The Balaban J connectivity index is 1.31. The lowest BCUT2D eigenvalue weighted by Gasteiger charge is -2.28. The predicted molar refractivity (Wildman–Crippen MR) is 471 cm³/mol. The first kappa shape index (κ1) is 107. The molecule has 3 aliphatic rings. The molecule has 49 heteroatoms. The van der Waals surface area contributed by atoms with Gasteiger partial charge in [-0.3, -0.25) is 67.1 Å². The van der Waals surface area contributed by atoms with E-state index in [4.69, 9.17) is 22.9 Å². The van der Waals surface area contributed by atoms with E-state index in [-0.39, 0.29) is 54.3 Å². The molecule has 4 bridgehead atoms. The van der Waals surface area contributed by atoms with E-state index in [1.165, 1.54) is 80.8 Å². The molecule has 5 heterocycles. The standard InChI is InChI=1S/C86H105F8N19O19S3/c1-38(2)26-48(96)76(120)113-69(41(6)115)86(130)109-54(28-42-14-8-7-9-15-42)81(125)112-58-35-133-70-61(87)65(91)72(66(92)62(70)88)135(131,132)73-67(93)63(89)71(64(90)68(73)94)134-36-59(85(129)110-57(34-114)83(127)103-50(74(98)118)18-12-13-25-95)111-79(123)52(27-39(3)4)105-77(121)51(23-24-60(97)117)104-75(119)40(5)102-78(122)55(30-44-32-100-49-17-11-10-16-47(44)49)107-80(124)53(29-43-19-21-46(116)22-20-43)106-82(126)56(108-84(58)128)31-45-33-99-37-101-45/h7-11,14-17,19-22,32-33,37-41,48,50-59,69,100,114-116H,12-13,18,23-31,34-36,95-96H2,1-6H3,(H2,97,117)(H2,98,118)(H,99,101)(H,102,122)(H,103,127)(H,104,119)(H,105,121)(H,106,126)(H,107,124)(H,108,128)(H,109,130)(H,110,129)(H,111,123)(H,112,125)(H,113,120)/t40-,41+,48-,50-,51-,52-,53-,54-,55-,56-,57-,58-,59+,69-/m0/s1. The molecule has 7 aromatic rings. The van der Waals surface area contributed by atoms with Crippen molar-refractivity contribution >= 4 is 127 Å². The number of nitrogens with zero attached hydrogens (tertiary/aromatic N) is 1. The zero-order valence-corrected chi connectivity index (χ0v) is 75.9. The molecule has 38 nitrogen and oxygen atoms in total. The quantitative estimate of drug-likeness (QED) is 0.0152. The summed E-state index contributed by atoms with van der Waals surface area (Å²) >= 11 is -0.952. The summed E-state index contributed by atoms with van der Waals surface area (Å²) in [6.45, 7) is 7.36. The Labute approximate surface area is 775 Å². The number of amides is 14. The number of sulfone groups is 1. The molecule has 135 heavy (non-hydrogen) atoms. The van der Waals surface area contributed by atoms with Gasteiger partial charge in [-0.2, -0.15) is 0 Å². The number of primary amides is 2. The topological polar surface area (TPSA) is 627 Å². The smallest absolute Gasteiger partial charge is 0.245 e. The first-order chi connectivity index (χ1) is 63.7. The summed E-state index contributed by atoms with van der Waals surface area (Å²) in [4.78, 5) is 202. The summed E-state index contributed by atoms with van der Waals surface area (Å²) in [7, 11) is -7.06. The third-order valence-electron chi connectivity index (χ3n) is 21.2. The molecular formula is C86H105F8N19O19S3. The van der Waals surface area contributed by atoms with Crippen molar-refractivity contribution in [3.63, 3.8) is 0 Å². The monoisotopic (exact) mass is 1960 g/mol. The minimum Gasteiger partial charge on any atom is -0.508 e. The van der Waals surface area contributed by atoms with Crippen LogP contribution in [0.2, 0.25) is 0 Å². The minimum atomic E-state index is -7.06. The zero-order chi connectivity index (χ0) is 99.7. The Hall–Kier alpha value is -12.8. The number of H-pyrrole nitrogens is 2. The number of carbonyl (C=O) groups is 14. The van der Waals surface area contributed by atoms with E-state index in [1.807, 2.05) is 5.32 Å². The fourth-order valence-electron chi connectivity index (χ4n) is 14.0. The Morgan fingerprint density at radius 2 is 1.09 bits per heavy atom. The number of aliphatic hydroxyl groups is 2. The van der Waals surface area contributed by atoms with Crippen LogP contribution in [0.25, 0.3) is 10.9 Å². The van der Waals surface area contributed by atoms with Crippen LogP contribution < -0.4 is 86.7 Å². The number of hydrogen-bond donors (Lipinski definition) is 21. The van der Waals surface area contributed by atoms with Gasteiger partial charge in [0.2, 0.25) is 92.5 Å². The Kier molecular flexibility index (Phi) is 39.3. The number of imidazole rings is 1. The number of halogens is 8. The van der Waals surface area contributed by atoms with E-state index in [0.717, 1.165) is 20.2 Å². The number of phenolic OH excluding ortho intramolecular Hbond substituents is 1. The number of fused-ring (bicyclic) bond motifs is 3. The third kappa shape index (κ3) is 29.3. The number of aliphatic hydroxyl groups excluding tert-OH is 2. The highest BCUT2D eigenvalue weighted by Crippen LogP contribution is 2.41. The van der Waals surface area contributed by atoms with Gasteiger partial charge in [-0.05, 0) is 106 Å². The van der Waals surface area contributed by atoms with Gasteiger partial charge >= 0.3 is 0 Å². The van der Waals surface area contributed by atoms with E-state index in [1.54, 1.807) is 38.1 Å². The van der Waals surface area contributed by atoms with Gasteiger partial charge in [0.05, 0.1) is 40.6 Å². The van der Waals surface area contributed by atoms with Crippen LogP contribution in [-0.4, -0.2) is 231 Å². The maximum atomic E-state index is 17.1. The van der Waals surface area contributed by atoms with Crippen LogP contribution in [0.3, 0.4) is 0 Å². The highest BCUT2D eigenvalue weighted by Gasteiger charge is 2.44. The van der Waals surface area contributed by atoms with E-state index in [2.05, 4.69) is 73.4 Å². The molecule has 3 aliphatic heterocycles. The van der Waals surface area contributed by atoms with Crippen molar-refractivity contribution in [3.05, 3.63) is 167 Å². The number of nitrogens with two attached hydrogens (primary N) is 4. The Bertz CT molecular complexity index is 5540. The SMILES string of the molecule is CC(C)C[C@@H]1NC(=O)[C@H](CCC(N)=O)NC(=O)[C@H](C)NC(=O)[C@H](Cc2c[nH]c3ccccc23)NC(=O)[C@H](Cc2ccc(O)cc2)NC(=O)[C@H](Cc2c[nH]cn2)NC(=O)[C@@H](NC(=O)[C@H](Cc2ccccc2)NC(=O)[C@@H](NC(=O)[C@@H](N)CC(C)C)[C@@H](C)O)CSc2c(F)c(F)c(c(F)c2F)S(=O)(=O)c2c(F)c(F)c(c(F)c2F)SC[C@H](C(=O)N[C@@H](CO)C(=O)N[C@@H](CCCCN)C(N)=O)NC1=O. The average molecular weight is 1960 g/mol. The number of para-hydroxylation sites is 1.